The summed E-state index contributed by atoms with van der Waals surface area (Å²) in [6.07, 6.45) is -0.303. The van der Waals surface area contributed by atoms with Crippen molar-refractivity contribution in [3.05, 3.63) is 29.6 Å². The van der Waals surface area contributed by atoms with Crippen molar-refractivity contribution in [1.29, 1.82) is 0 Å². The summed E-state index contributed by atoms with van der Waals surface area (Å²) in [7, 11) is -2.45. The number of benzene rings is 1. The minimum atomic E-state index is -3.91. The van der Waals surface area contributed by atoms with E-state index in [9.17, 15) is 12.8 Å². The Balaban J connectivity index is 2.96. The van der Waals surface area contributed by atoms with Gasteiger partial charge in [-0.25, -0.2) is 17.5 Å². The molecule has 3 N–H and O–H groups in total. The fraction of sp³-hybridized carbons (Fsp3) is 0.385. The lowest BCUT2D eigenvalue weighted by Gasteiger charge is -2.11. The van der Waals surface area contributed by atoms with Gasteiger partial charge in [-0.15, -0.1) is 0 Å². The van der Waals surface area contributed by atoms with Gasteiger partial charge in [0, 0.05) is 19.2 Å². The normalized spacial score (nSPS) is 12.6. The van der Waals surface area contributed by atoms with E-state index in [1.165, 1.54) is 19.2 Å². The van der Waals surface area contributed by atoms with E-state index in [0.717, 1.165) is 6.07 Å². The number of halogens is 1. The van der Waals surface area contributed by atoms with Crippen LogP contribution in [0, 0.1) is 17.7 Å². The molecule has 0 aliphatic heterocycles. The van der Waals surface area contributed by atoms with Crippen LogP contribution in [0.4, 0.5) is 4.39 Å². The molecule has 0 amide bonds. The average Bonchev–Trinajstić information content (AvgIpc) is 2.42. The topological polar surface area (TPSA) is 81.4 Å². The highest BCUT2D eigenvalue weighted by atomic mass is 32.2. The van der Waals surface area contributed by atoms with Crippen molar-refractivity contribution in [2.45, 2.75) is 17.9 Å². The largest absolute Gasteiger partial charge is 0.380 e. The molecule has 0 spiro atoms. The molecular formula is C13H17FN2O3S. The summed E-state index contributed by atoms with van der Waals surface area (Å²) < 4.78 is 44.9. The van der Waals surface area contributed by atoms with Gasteiger partial charge >= 0.3 is 0 Å². The highest BCUT2D eigenvalue weighted by Gasteiger charge is 2.19. The second-order valence-corrected chi connectivity index (χ2v) is 5.78. The maximum absolute atomic E-state index is 13.8. The number of hydrogen-bond donors (Lipinski definition) is 2. The van der Waals surface area contributed by atoms with Crippen LogP contribution in [0.2, 0.25) is 0 Å². The van der Waals surface area contributed by atoms with Crippen LogP contribution in [-0.2, 0) is 14.8 Å². The molecule has 1 atom stereocenters. The van der Waals surface area contributed by atoms with Gasteiger partial charge in [0.2, 0.25) is 10.0 Å². The van der Waals surface area contributed by atoms with Gasteiger partial charge in [-0.3, -0.25) is 0 Å². The molecule has 0 radical (unpaired) electrons. The highest BCUT2D eigenvalue weighted by molar-refractivity contribution is 7.89. The van der Waals surface area contributed by atoms with Gasteiger partial charge < -0.3 is 10.5 Å². The van der Waals surface area contributed by atoms with Crippen LogP contribution in [0.3, 0.4) is 0 Å². The summed E-state index contributed by atoms with van der Waals surface area (Å²) in [4.78, 5) is -0.417. The van der Waals surface area contributed by atoms with Gasteiger partial charge in [0.25, 0.3) is 0 Å². The molecule has 0 aromatic heterocycles. The SMILES string of the molecule is COC(C)CNS(=O)(=O)c1ccc(C#CCN)cc1F. The van der Waals surface area contributed by atoms with E-state index in [0.29, 0.717) is 5.56 Å². The zero-order chi connectivity index (χ0) is 15.2. The van der Waals surface area contributed by atoms with Gasteiger partial charge in [-0.2, -0.15) is 0 Å². The van der Waals surface area contributed by atoms with Crippen molar-refractivity contribution in [3.8, 4) is 11.8 Å². The Morgan fingerprint density at radius 1 is 1.50 bits per heavy atom. The Morgan fingerprint density at radius 3 is 2.75 bits per heavy atom. The number of nitrogens with two attached hydrogens (primary N) is 1. The van der Waals surface area contributed by atoms with Gasteiger partial charge in [-0.05, 0) is 25.1 Å². The van der Waals surface area contributed by atoms with E-state index in [-0.39, 0.29) is 19.2 Å². The quantitative estimate of drug-likeness (QED) is 0.774. The van der Waals surface area contributed by atoms with E-state index >= 15 is 0 Å². The Morgan fingerprint density at radius 2 is 2.20 bits per heavy atom. The molecular weight excluding hydrogens is 283 g/mol. The first-order chi connectivity index (χ1) is 9.40. The van der Waals surface area contributed by atoms with Crippen LogP contribution in [0.5, 0.6) is 0 Å². The zero-order valence-electron chi connectivity index (χ0n) is 11.3. The second-order valence-electron chi connectivity index (χ2n) is 4.05. The predicted molar refractivity (Wildman–Crippen MR) is 74.0 cm³/mol. The lowest BCUT2D eigenvalue weighted by atomic mass is 10.2. The highest BCUT2D eigenvalue weighted by Crippen LogP contribution is 2.15. The van der Waals surface area contributed by atoms with Crippen LogP contribution < -0.4 is 10.5 Å². The molecule has 0 aliphatic rings. The molecule has 7 heteroatoms. The third-order valence-corrected chi connectivity index (χ3v) is 3.98. The Hall–Kier alpha value is -1.46. The average molecular weight is 300 g/mol. The Labute approximate surface area is 118 Å². The summed E-state index contributed by atoms with van der Waals surface area (Å²) in [5.74, 6) is 4.34. The van der Waals surface area contributed by atoms with Crippen LogP contribution in [0.15, 0.2) is 23.1 Å². The van der Waals surface area contributed by atoms with E-state index in [2.05, 4.69) is 16.6 Å². The molecule has 0 saturated carbocycles. The fourth-order valence-corrected chi connectivity index (χ4v) is 2.51. The third kappa shape index (κ3) is 4.58. The summed E-state index contributed by atoms with van der Waals surface area (Å²) in [5.41, 5.74) is 5.58. The smallest absolute Gasteiger partial charge is 0.243 e. The van der Waals surface area contributed by atoms with Gasteiger partial charge in [0.05, 0.1) is 12.6 Å². The molecule has 1 aromatic carbocycles. The van der Waals surface area contributed by atoms with Crippen molar-refractivity contribution >= 4 is 10.0 Å². The first-order valence-corrected chi connectivity index (χ1v) is 7.40. The number of hydrogen-bond acceptors (Lipinski definition) is 4. The van der Waals surface area contributed by atoms with Crippen LogP contribution in [0.1, 0.15) is 12.5 Å². The number of rotatable bonds is 5. The summed E-state index contributed by atoms with van der Waals surface area (Å²) in [5, 5.41) is 0. The van der Waals surface area contributed by atoms with Crippen LogP contribution in [-0.4, -0.2) is 34.7 Å². The van der Waals surface area contributed by atoms with Crippen molar-refractivity contribution in [2.75, 3.05) is 20.2 Å². The molecule has 5 nitrogen and oxygen atoms in total. The number of ether oxygens (including phenoxy) is 1. The van der Waals surface area contributed by atoms with E-state index in [1.54, 1.807) is 6.92 Å². The lowest BCUT2D eigenvalue weighted by molar-refractivity contribution is 0.122. The maximum atomic E-state index is 13.8. The summed E-state index contributed by atoms with van der Waals surface area (Å²) in [6, 6.07) is 3.67. The standard InChI is InChI=1S/C13H17FN2O3S/c1-10(19-2)9-16-20(17,18)13-6-5-11(4-3-7-15)8-12(13)14/h5-6,8,10,16H,7,9,15H2,1-2H3. The molecule has 0 fully saturated rings. The van der Waals surface area contributed by atoms with E-state index < -0.39 is 20.7 Å². The van der Waals surface area contributed by atoms with E-state index in [4.69, 9.17) is 10.5 Å². The monoisotopic (exact) mass is 300 g/mol. The summed E-state index contributed by atoms with van der Waals surface area (Å²) >= 11 is 0. The van der Waals surface area contributed by atoms with Gasteiger partial charge in [0.1, 0.15) is 10.7 Å². The first-order valence-electron chi connectivity index (χ1n) is 5.91. The fourth-order valence-electron chi connectivity index (χ4n) is 1.34. The van der Waals surface area contributed by atoms with Crippen molar-refractivity contribution in [2.24, 2.45) is 5.73 Å². The molecule has 1 rings (SSSR count). The number of nitrogens with one attached hydrogen (secondary N) is 1. The minimum absolute atomic E-state index is 0.0625. The third-order valence-electron chi connectivity index (χ3n) is 2.52. The number of methoxy groups -OCH3 is 1. The Kier molecular flexibility index (Phi) is 6.10. The maximum Gasteiger partial charge on any atom is 0.243 e. The van der Waals surface area contributed by atoms with Crippen molar-refractivity contribution < 1.29 is 17.5 Å². The molecule has 0 heterocycles. The Bertz CT molecular complexity index is 620. The molecule has 0 aliphatic carbocycles. The molecule has 20 heavy (non-hydrogen) atoms. The zero-order valence-corrected chi connectivity index (χ0v) is 12.1. The molecule has 110 valence electrons. The second kappa shape index (κ2) is 7.36. The molecule has 1 unspecified atom stereocenters. The van der Waals surface area contributed by atoms with Crippen molar-refractivity contribution in [1.82, 2.24) is 4.72 Å². The van der Waals surface area contributed by atoms with Crippen molar-refractivity contribution in [3.63, 3.8) is 0 Å². The minimum Gasteiger partial charge on any atom is -0.380 e. The van der Waals surface area contributed by atoms with Crippen LogP contribution >= 0.6 is 0 Å². The summed E-state index contributed by atoms with van der Waals surface area (Å²) in [6.45, 7) is 1.91. The first kappa shape index (κ1) is 16.6. The number of sulfonamides is 1. The lowest BCUT2D eigenvalue weighted by Crippen LogP contribution is -2.32. The van der Waals surface area contributed by atoms with Crippen LogP contribution in [0.25, 0.3) is 0 Å². The molecule has 0 bridgehead atoms. The van der Waals surface area contributed by atoms with E-state index in [1.807, 2.05) is 0 Å². The molecule has 1 aromatic rings. The molecule has 0 saturated heterocycles. The van der Waals surface area contributed by atoms with Gasteiger partial charge in [0.15, 0.2) is 0 Å². The predicted octanol–water partition coefficient (Wildman–Crippen LogP) is 0.449. The van der Waals surface area contributed by atoms with Gasteiger partial charge in [-0.1, -0.05) is 11.8 Å².